The van der Waals surface area contributed by atoms with Crippen LogP contribution < -0.4 is 5.32 Å². The lowest BCUT2D eigenvalue weighted by Crippen LogP contribution is -2.48. The molecule has 4 bridgehead atoms. The van der Waals surface area contributed by atoms with E-state index in [9.17, 15) is 5.26 Å². The molecule has 0 aromatic carbocycles. The monoisotopic (exact) mass is 242 g/mol. The van der Waals surface area contributed by atoms with Gasteiger partial charge >= 0.3 is 0 Å². The van der Waals surface area contributed by atoms with Crippen LogP contribution in [0.4, 0.5) is 0 Å². The highest BCUT2D eigenvalue weighted by atomic mass is 14.9. The van der Waals surface area contributed by atoms with Gasteiger partial charge in [-0.1, -0.05) is 5.92 Å². The van der Waals surface area contributed by atoms with Crippen molar-refractivity contribution in [2.75, 3.05) is 6.54 Å². The quantitative estimate of drug-likeness (QED) is 0.769. The van der Waals surface area contributed by atoms with Crippen molar-refractivity contribution in [1.82, 2.24) is 5.32 Å². The van der Waals surface area contributed by atoms with E-state index in [0.717, 1.165) is 24.2 Å². The Morgan fingerprint density at radius 2 is 1.72 bits per heavy atom. The second-order valence-corrected chi connectivity index (χ2v) is 6.89. The van der Waals surface area contributed by atoms with Crippen molar-refractivity contribution in [3.8, 4) is 18.4 Å². The molecule has 0 heterocycles. The predicted molar refractivity (Wildman–Crippen MR) is 71.5 cm³/mol. The summed E-state index contributed by atoms with van der Waals surface area (Å²) in [6.07, 6.45) is 14.8. The molecule has 1 unspecified atom stereocenters. The maximum Gasteiger partial charge on any atom is 0.0965 e. The molecular weight excluding hydrogens is 220 g/mol. The van der Waals surface area contributed by atoms with E-state index in [-0.39, 0.29) is 6.04 Å². The molecular formula is C16H22N2. The van der Waals surface area contributed by atoms with Gasteiger partial charge in [0, 0.05) is 0 Å². The van der Waals surface area contributed by atoms with Crippen LogP contribution in [-0.2, 0) is 0 Å². The zero-order valence-electron chi connectivity index (χ0n) is 11.0. The van der Waals surface area contributed by atoms with Crippen molar-refractivity contribution in [3.63, 3.8) is 0 Å². The minimum absolute atomic E-state index is 0.0442. The molecule has 1 N–H and O–H groups in total. The molecule has 18 heavy (non-hydrogen) atoms. The summed E-state index contributed by atoms with van der Waals surface area (Å²) >= 11 is 0. The van der Waals surface area contributed by atoms with Gasteiger partial charge in [-0.15, -0.1) is 6.42 Å². The Balaban J connectivity index is 1.68. The molecule has 0 aliphatic heterocycles. The molecule has 4 aliphatic carbocycles. The molecule has 0 aromatic rings. The number of hydrogen-bond donors (Lipinski definition) is 1. The van der Waals surface area contributed by atoms with Crippen LogP contribution in [0.25, 0.3) is 0 Å². The first kappa shape index (κ1) is 12.1. The molecule has 2 heteroatoms. The molecule has 1 atom stereocenters. The average molecular weight is 242 g/mol. The molecule has 0 saturated heterocycles. The SMILES string of the molecule is C#CCNC(C#N)CC12CC3CC(CC(C3)C1)C2. The molecule has 96 valence electrons. The summed E-state index contributed by atoms with van der Waals surface area (Å²) in [4.78, 5) is 0. The highest BCUT2D eigenvalue weighted by Crippen LogP contribution is 2.61. The Morgan fingerprint density at radius 3 is 2.17 bits per heavy atom. The van der Waals surface area contributed by atoms with Crippen LogP contribution in [0.15, 0.2) is 0 Å². The zero-order valence-corrected chi connectivity index (χ0v) is 11.0. The Morgan fingerprint density at radius 1 is 1.17 bits per heavy atom. The van der Waals surface area contributed by atoms with E-state index >= 15 is 0 Å². The largest absolute Gasteiger partial charge is 0.291 e. The molecule has 4 rings (SSSR count). The van der Waals surface area contributed by atoms with Crippen LogP contribution in [-0.4, -0.2) is 12.6 Å². The molecule has 0 amide bonds. The lowest BCUT2D eigenvalue weighted by atomic mass is 9.48. The molecule has 4 aliphatic rings. The molecule has 0 radical (unpaired) electrons. The van der Waals surface area contributed by atoms with Gasteiger partial charge in [-0.2, -0.15) is 5.26 Å². The third-order valence-corrected chi connectivity index (χ3v) is 5.41. The summed E-state index contributed by atoms with van der Waals surface area (Å²) in [5.74, 6) is 5.46. The fourth-order valence-corrected chi connectivity index (χ4v) is 5.32. The lowest BCUT2D eigenvalue weighted by Gasteiger charge is -2.57. The minimum atomic E-state index is -0.0442. The summed E-state index contributed by atoms with van der Waals surface area (Å²) in [5, 5.41) is 12.5. The lowest BCUT2D eigenvalue weighted by molar-refractivity contribution is -0.0594. The number of rotatable bonds is 4. The second-order valence-electron chi connectivity index (χ2n) is 6.89. The Labute approximate surface area is 110 Å². The smallest absolute Gasteiger partial charge is 0.0965 e. The zero-order chi connectivity index (χ0) is 12.6. The van der Waals surface area contributed by atoms with Gasteiger partial charge in [0.15, 0.2) is 0 Å². The van der Waals surface area contributed by atoms with Crippen molar-refractivity contribution < 1.29 is 0 Å². The van der Waals surface area contributed by atoms with Crippen molar-refractivity contribution >= 4 is 0 Å². The van der Waals surface area contributed by atoms with Gasteiger partial charge < -0.3 is 0 Å². The fourth-order valence-electron chi connectivity index (χ4n) is 5.32. The molecule has 0 spiro atoms. The number of nitrogens with zero attached hydrogens (tertiary/aromatic N) is 1. The van der Waals surface area contributed by atoms with Gasteiger partial charge in [0.05, 0.1) is 18.7 Å². The van der Waals surface area contributed by atoms with Gasteiger partial charge in [-0.05, 0) is 68.1 Å². The molecule has 2 nitrogen and oxygen atoms in total. The van der Waals surface area contributed by atoms with E-state index in [1.807, 2.05) is 0 Å². The maximum atomic E-state index is 9.27. The van der Waals surface area contributed by atoms with E-state index in [2.05, 4.69) is 17.3 Å². The topological polar surface area (TPSA) is 35.8 Å². The third-order valence-electron chi connectivity index (χ3n) is 5.41. The maximum absolute atomic E-state index is 9.27. The average Bonchev–Trinajstić information content (AvgIpc) is 2.32. The van der Waals surface area contributed by atoms with Gasteiger partial charge in [0.1, 0.15) is 0 Å². The molecule has 4 saturated carbocycles. The second kappa shape index (κ2) is 4.60. The van der Waals surface area contributed by atoms with Gasteiger partial charge in [0.25, 0.3) is 0 Å². The Hall–Kier alpha value is -0.990. The van der Waals surface area contributed by atoms with Crippen LogP contribution in [0.1, 0.15) is 44.9 Å². The van der Waals surface area contributed by atoms with Crippen LogP contribution in [0.2, 0.25) is 0 Å². The normalized spacial score (nSPS) is 42.2. The van der Waals surface area contributed by atoms with Crippen molar-refractivity contribution in [3.05, 3.63) is 0 Å². The highest BCUT2D eigenvalue weighted by Gasteiger charge is 2.51. The van der Waals surface area contributed by atoms with Gasteiger partial charge in [0.2, 0.25) is 0 Å². The highest BCUT2D eigenvalue weighted by molar-refractivity contribution is 5.06. The van der Waals surface area contributed by atoms with E-state index in [0.29, 0.717) is 12.0 Å². The van der Waals surface area contributed by atoms with E-state index in [1.165, 1.54) is 38.5 Å². The Bertz CT molecular complexity index is 363. The van der Waals surface area contributed by atoms with E-state index < -0.39 is 0 Å². The number of hydrogen-bond acceptors (Lipinski definition) is 2. The number of nitrogens with one attached hydrogen (secondary N) is 1. The standard InChI is InChI=1S/C16H22N2/c1-2-3-18-15(11-17)10-16-7-12-4-13(8-16)6-14(5-12)9-16/h1,12-15,18H,3-10H2. The molecule has 4 fully saturated rings. The van der Waals surface area contributed by atoms with Gasteiger partial charge in [-0.3, -0.25) is 5.32 Å². The number of nitriles is 1. The third kappa shape index (κ3) is 2.15. The summed E-state index contributed by atoms with van der Waals surface area (Å²) in [6, 6.07) is 2.36. The van der Waals surface area contributed by atoms with E-state index in [1.54, 1.807) is 0 Å². The predicted octanol–water partition coefficient (Wildman–Crippen LogP) is 2.71. The van der Waals surface area contributed by atoms with E-state index in [4.69, 9.17) is 6.42 Å². The molecule has 0 aromatic heterocycles. The fraction of sp³-hybridized carbons (Fsp3) is 0.812. The van der Waals surface area contributed by atoms with Crippen molar-refractivity contribution in [1.29, 1.82) is 5.26 Å². The van der Waals surface area contributed by atoms with Crippen LogP contribution in [0.3, 0.4) is 0 Å². The van der Waals surface area contributed by atoms with Crippen LogP contribution >= 0.6 is 0 Å². The van der Waals surface area contributed by atoms with Gasteiger partial charge in [-0.25, -0.2) is 0 Å². The first-order valence-corrected chi connectivity index (χ1v) is 7.29. The number of terminal acetylenes is 1. The summed E-state index contributed by atoms with van der Waals surface area (Å²) in [6.45, 7) is 0.518. The van der Waals surface area contributed by atoms with Crippen LogP contribution in [0.5, 0.6) is 0 Å². The minimum Gasteiger partial charge on any atom is -0.291 e. The summed E-state index contributed by atoms with van der Waals surface area (Å²) in [5.41, 5.74) is 0.469. The summed E-state index contributed by atoms with van der Waals surface area (Å²) in [7, 11) is 0. The van der Waals surface area contributed by atoms with Crippen molar-refractivity contribution in [2.45, 2.75) is 51.0 Å². The first-order valence-electron chi connectivity index (χ1n) is 7.29. The first-order chi connectivity index (χ1) is 8.73. The van der Waals surface area contributed by atoms with Crippen molar-refractivity contribution in [2.24, 2.45) is 23.2 Å². The Kier molecular flexibility index (Phi) is 3.08. The summed E-state index contributed by atoms with van der Waals surface area (Å²) < 4.78 is 0. The van der Waals surface area contributed by atoms with Crippen LogP contribution in [0, 0.1) is 46.8 Å².